The average molecular weight is 415 g/mol. The van der Waals surface area contributed by atoms with Crippen LogP contribution in [-0.4, -0.2) is 30.7 Å². The van der Waals surface area contributed by atoms with Crippen LogP contribution in [0.4, 0.5) is 4.39 Å². The van der Waals surface area contributed by atoms with Gasteiger partial charge in [-0.15, -0.1) is 0 Å². The normalized spacial score (nSPS) is 11.7. The Morgan fingerprint density at radius 3 is 2.47 bits per heavy atom. The summed E-state index contributed by atoms with van der Waals surface area (Å²) in [4.78, 5) is 23.4. The Hall–Kier alpha value is -3.42. The third-order valence-corrected chi connectivity index (χ3v) is 4.15. The van der Waals surface area contributed by atoms with E-state index in [0.717, 1.165) is 12.0 Å². The molecule has 2 aromatic carbocycles. The molecule has 0 aliphatic heterocycles. The minimum absolute atomic E-state index is 0.0940. The zero-order valence-corrected chi connectivity index (χ0v) is 17.3. The molecule has 0 bridgehead atoms. The molecular formula is C22H26FN3O4. The topological polar surface area (TPSA) is 89.0 Å². The zero-order valence-electron chi connectivity index (χ0n) is 17.3. The minimum atomic E-state index is -0.837. The number of hydrogen-bond donors (Lipinski definition) is 2. The first kappa shape index (κ1) is 22.9. The Balaban J connectivity index is 1.99. The van der Waals surface area contributed by atoms with E-state index >= 15 is 0 Å². The van der Waals surface area contributed by atoms with Crippen molar-refractivity contribution in [3.05, 3.63) is 59.4 Å². The lowest BCUT2D eigenvalue weighted by Crippen LogP contribution is -2.41. The summed E-state index contributed by atoms with van der Waals surface area (Å²) in [6, 6.07) is 11.1. The van der Waals surface area contributed by atoms with E-state index in [0.29, 0.717) is 23.7 Å². The van der Waals surface area contributed by atoms with Gasteiger partial charge in [-0.1, -0.05) is 19.1 Å². The Bertz CT molecular complexity index is 884. The first-order valence-corrected chi connectivity index (χ1v) is 9.70. The van der Waals surface area contributed by atoms with Crippen molar-refractivity contribution in [3.63, 3.8) is 0 Å². The van der Waals surface area contributed by atoms with Gasteiger partial charge in [0.25, 0.3) is 0 Å². The van der Waals surface area contributed by atoms with Gasteiger partial charge in [-0.2, -0.15) is 5.10 Å². The molecular weight excluding hydrogens is 389 g/mol. The van der Waals surface area contributed by atoms with Gasteiger partial charge in [0.15, 0.2) is 11.5 Å². The standard InChI is InChI=1S/C22H26FN3O4/c1-4-15(3)25-21(27)22(28)26-24-13-17-8-11-19(20(12-17)29-5-2)30-14-16-6-9-18(23)10-7-16/h6-13,15H,4-5,14H2,1-3H3,(H,25,27)(H,26,28)/b24-13-/t15-/m1/s1. The van der Waals surface area contributed by atoms with Crippen molar-refractivity contribution >= 4 is 18.0 Å². The Labute approximate surface area is 175 Å². The predicted molar refractivity (Wildman–Crippen MR) is 112 cm³/mol. The average Bonchev–Trinajstić information content (AvgIpc) is 2.74. The molecule has 2 amide bonds. The monoisotopic (exact) mass is 415 g/mol. The SMILES string of the molecule is CCOc1cc(/C=N\NC(=O)C(=O)N[C@H](C)CC)ccc1OCc1ccc(F)cc1. The van der Waals surface area contributed by atoms with E-state index in [4.69, 9.17) is 9.47 Å². The fourth-order valence-electron chi connectivity index (χ4n) is 2.34. The molecule has 0 unspecified atom stereocenters. The van der Waals surface area contributed by atoms with Gasteiger partial charge in [0.1, 0.15) is 12.4 Å². The molecule has 2 rings (SSSR count). The highest BCUT2D eigenvalue weighted by atomic mass is 19.1. The van der Waals surface area contributed by atoms with Crippen molar-refractivity contribution in [2.24, 2.45) is 5.10 Å². The molecule has 0 spiro atoms. The number of nitrogens with zero attached hydrogens (tertiary/aromatic N) is 1. The number of nitrogens with one attached hydrogen (secondary N) is 2. The molecule has 0 aromatic heterocycles. The van der Waals surface area contributed by atoms with Crippen molar-refractivity contribution in [3.8, 4) is 11.5 Å². The number of amides is 2. The molecule has 0 saturated carbocycles. The van der Waals surface area contributed by atoms with Gasteiger partial charge in [-0.25, -0.2) is 9.82 Å². The van der Waals surface area contributed by atoms with Crippen LogP contribution in [0.15, 0.2) is 47.6 Å². The second kappa shape index (κ2) is 11.5. The molecule has 1 atom stereocenters. The highest BCUT2D eigenvalue weighted by Crippen LogP contribution is 2.29. The zero-order chi connectivity index (χ0) is 21.9. The lowest BCUT2D eigenvalue weighted by molar-refractivity contribution is -0.139. The molecule has 8 heteroatoms. The Morgan fingerprint density at radius 1 is 1.07 bits per heavy atom. The molecule has 2 N–H and O–H groups in total. The van der Waals surface area contributed by atoms with Crippen LogP contribution in [-0.2, 0) is 16.2 Å². The van der Waals surface area contributed by atoms with E-state index in [9.17, 15) is 14.0 Å². The number of hydrazone groups is 1. The van der Waals surface area contributed by atoms with Crippen LogP contribution in [0.5, 0.6) is 11.5 Å². The fraction of sp³-hybridized carbons (Fsp3) is 0.318. The molecule has 0 saturated heterocycles. The Morgan fingerprint density at radius 2 is 1.80 bits per heavy atom. The summed E-state index contributed by atoms with van der Waals surface area (Å²) in [5.74, 6) is -0.849. The van der Waals surface area contributed by atoms with E-state index in [2.05, 4.69) is 15.8 Å². The van der Waals surface area contributed by atoms with Gasteiger partial charge in [-0.3, -0.25) is 9.59 Å². The molecule has 30 heavy (non-hydrogen) atoms. The lowest BCUT2D eigenvalue weighted by atomic mass is 10.2. The van der Waals surface area contributed by atoms with Gasteiger partial charge in [0, 0.05) is 6.04 Å². The summed E-state index contributed by atoms with van der Waals surface area (Å²) in [6.45, 7) is 6.25. The first-order valence-electron chi connectivity index (χ1n) is 9.70. The van der Waals surface area contributed by atoms with E-state index in [-0.39, 0.29) is 18.5 Å². The third kappa shape index (κ3) is 7.20. The van der Waals surface area contributed by atoms with Gasteiger partial charge in [-0.05, 0) is 61.7 Å². The third-order valence-electron chi connectivity index (χ3n) is 4.15. The molecule has 0 aliphatic carbocycles. The fourth-order valence-corrected chi connectivity index (χ4v) is 2.34. The van der Waals surface area contributed by atoms with Crippen molar-refractivity contribution in [1.82, 2.24) is 10.7 Å². The summed E-state index contributed by atoms with van der Waals surface area (Å²) >= 11 is 0. The molecule has 0 fully saturated rings. The number of rotatable bonds is 9. The van der Waals surface area contributed by atoms with Crippen LogP contribution >= 0.6 is 0 Å². The van der Waals surface area contributed by atoms with Gasteiger partial charge < -0.3 is 14.8 Å². The maximum atomic E-state index is 13.0. The summed E-state index contributed by atoms with van der Waals surface area (Å²) in [5, 5.41) is 6.37. The molecule has 0 radical (unpaired) electrons. The Kier molecular flexibility index (Phi) is 8.80. The highest BCUT2D eigenvalue weighted by molar-refractivity contribution is 6.35. The predicted octanol–water partition coefficient (Wildman–Crippen LogP) is 3.17. The van der Waals surface area contributed by atoms with E-state index in [1.807, 2.05) is 20.8 Å². The van der Waals surface area contributed by atoms with Gasteiger partial charge >= 0.3 is 11.8 Å². The molecule has 0 heterocycles. The summed E-state index contributed by atoms with van der Waals surface area (Å²) < 4.78 is 24.4. The molecule has 160 valence electrons. The second-order valence-corrected chi connectivity index (χ2v) is 6.54. The van der Waals surface area contributed by atoms with E-state index < -0.39 is 11.8 Å². The summed E-state index contributed by atoms with van der Waals surface area (Å²) in [7, 11) is 0. The maximum Gasteiger partial charge on any atom is 0.329 e. The maximum absolute atomic E-state index is 13.0. The van der Waals surface area contributed by atoms with Crippen LogP contribution in [0.2, 0.25) is 0 Å². The van der Waals surface area contributed by atoms with Gasteiger partial charge in [0.2, 0.25) is 0 Å². The summed E-state index contributed by atoms with van der Waals surface area (Å²) in [5.41, 5.74) is 3.66. The largest absolute Gasteiger partial charge is 0.490 e. The molecule has 7 nitrogen and oxygen atoms in total. The summed E-state index contributed by atoms with van der Waals surface area (Å²) in [6.07, 6.45) is 2.12. The number of carbonyl (C=O) groups excluding carboxylic acids is 2. The van der Waals surface area contributed by atoms with Crippen LogP contribution in [0, 0.1) is 5.82 Å². The van der Waals surface area contributed by atoms with Crippen molar-refractivity contribution in [2.45, 2.75) is 39.8 Å². The van der Waals surface area contributed by atoms with Crippen LogP contribution in [0.3, 0.4) is 0 Å². The van der Waals surface area contributed by atoms with Crippen LogP contribution in [0.25, 0.3) is 0 Å². The number of hydrogen-bond acceptors (Lipinski definition) is 5. The highest BCUT2D eigenvalue weighted by Gasteiger charge is 2.14. The number of benzene rings is 2. The lowest BCUT2D eigenvalue weighted by Gasteiger charge is -2.12. The van der Waals surface area contributed by atoms with E-state index in [1.165, 1.54) is 18.3 Å². The van der Waals surface area contributed by atoms with Crippen molar-refractivity contribution in [2.75, 3.05) is 6.61 Å². The number of carbonyl (C=O) groups is 2. The quantitative estimate of drug-likeness (QED) is 0.374. The molecule has 2 aromatic rings. The van der Waals surface area contributed by atoms with Crippen LogP contribution in [0.1, 0.15) is 38.3 Å². The number of ether oxygens (including phenoxy) is 2. The minimum Gasteiger partial charge on any atom is -0.490 e. The smallest absolute Gasteiger partial charge is 0.329 e. The van der Waals surface area contributed by atoms with E-state index in [1.54, 1.807) is 30.3 Å². The van der Waals surface area contributed by atoms with Crippen molar-refractivity contribution < 1.29 is 23.5 Å². The van der Waals surface area contributed by atoms with Crippen molar-refractivity contribution in [1.29, 1.82) is 0 Å². The number of halogens is 1. The first-order chi connectivity index (χ1) is 14.4. The van der Waals surface area contributed by atoms with Gasteiger partial charge in [0.05, 0.1) is 12.8 Å². The second-order valence-electron chi connectivity index (χ2n) is 6.54. The molecule has 0 aliphatic rings. The van der Waals surface area contributed by atoms with Crippen LogP contribution < -0.4 is 20.2 Å².